The Morgan fingerprint density at radius 1 is 0.647 bits per heavy atom. The molecule has 0 aliphatic heterocycles. The molecule has 0 aromatic carbocycles. The summed E-state index contributed by atoms with van der Waals surface area (Å²) in [7, 11) is 0. The first-order valence-electron chi connectivity index (χ1n) is 14.4. The van der Waals surface area contributed by atoms with Crippen LogP contribution in [-0.2, 0) is 9.47 Å². The minimum Gasteiger partial charge on any atom is -0.391 e. The molecule has 2 saturated carbocycles. The van der Waals surface area contributed by atoms with Gasteiger partial charge in [0.1, 0.15) is 0 Å². The minimum atomic E-state index is -0.291. The second-order valence-corrected chi connectivity index (χ2v) is 12.9. The van der Waals surface area contributed by atoms with Gasteiger partial charge >= 0.3 is 0 Å². The van der Waals surface area contributed by atoms with Crippen molar-refractivity contribution in [3.8, 4) is 0 Å². The highest BCUT2D eigenvalue weighted by molar-refractivity contribution is 4.92. The molecule has 34 heavy (non-hydrogen) atoms. The molecule has 2 N–H and O–H groups in total. The molecule has 0 saturated heterocycles. The van der Waals surface area contributed by atoms with Gasteiger partial charge in [0.15, 0.2) is 0 Å². The summed E-state index contributed by atoms with van der Waals surface area (Å²) < 4.78 is 12.1. The van der Waals surface area contributed by atoms with Gasteiger partial charge < -0.3 is 19.7 Å². The van der Waals surface area contributed by atoms with E-state index in [-0.39, 0.29) is 35.2 Å². The van der Waals surface area contributed by atoms with Crippen molar-refractivity contribution in [1.82, 2.24) is 0 Å². The second-order valence-electron chi connectivity index (χ2n) is 12.9. The van der Waals surface area contributed by atoms with Crippen molar-refractivity contribution in [3.05, 3.63) is 0 Å². The Hall–Kier alpha value is -0.160. The maximum atomic E-state index is 9.78. The van der Waals surface area contributed by atoms with E-state index in [1.807, 2.05) is 0 Å². The van der Waals surface area contributed by atoms with Crippen LogP contribution in [0.25, 0.3) is 0 Å². The third-order valence-corrected chi connectivity index (χ3v) is 9.33. The number of aliphatic hydroxyl groups is 2. The monoisotopic (exact) mass is 484 g/mol. The van der Waals surface area contributed by atoms with Crippen molar-refractivity contribution in [2.24, 2.45) is 34.5 Å². The Morgan fingerprint density at radius 3 is 1.26 bits per heavy atom. The Morgan fingerprint density at radius 2 is 0.971 bits per heavy atom. The zero-order chi connectivity index (χ0) is 26.1. The van der Waals surface area contributed by atoms with Crippen molar-refractivity contribution in [1.29, 1.82) is 0 Å². The average molecular weight is 485 g/mol. The number of aliphatic hydroxyl groups excluding tert-OH is 2. The van der Waals surface area contributed by atoms with Gasteiger partial charge in [0.2, 0.25) is 0 Å². The van der Waals surface area contributed by atoms with E-state index in [9.17, 15) is 10.2 Å². The molecule has 0 aromatic rings. The largest absolute Gasteiger partial charge is 0.391 e. The lowest BCUT2D eigenvalue weighted by Gasteiger charge is -2.47. The van der Waals surface area contributed by atoms with E-state index in [1.165, 1.54) is 25.7 Å². The number of hydrogen-bond acceptors (Lipinski definition) is 4. The quantitative estimate of drug-likeness (QED) is 0.343. The van der Waals surface area contributed by atoms with E-state index in [0.29, 0.717) is 36.9 Å². The van der Waals surface area contributed by atoms with Crippen LogP contribution in [0, 0.1) is 34.5 Å². The topological polar surface area (TPSA) is 58.9 Å². The highest BCUT2D eigenvalue weighted by Crippen LogP contribution is 2.45. The van der Waals surface area contributed by atoms with Crippen LogP contribution in [0.1, 0.15) is 121 Å². The Balaban J connectivity index is 0.000000340. The molecular formula is C30H60O4. The predicted octanol–water partition coefficient (Wildman–Crippen LogP) is 7.25. The van der Waals surface area contributed by atoms with Crippen LogP contribution in [-0.4, -0.2) is 47.8 Å². The second kappa shape index (κ2) is 14.5. The first-order chi connectivity index (χ1) is 15.8. The summed E-state index contributed by atoms with van der Waals surface area (Å²) in [5.41, 5.74) is 0.452. The molecule has 2 aliphatic carbocycles. The van der Waals surface area contributed by atoms with Crippen molar-refractivity contribution in [2.75, 3.05) is 13.2 Å². The summed E-state index contributed by atoms with van der Waals surface area (Å²) in [4.78, 5) is 0. The SMILES string of the molecule is CCC[C@@H](O)CO[C@@H]1[C@@H](C)CC[C@H](C)C1(C)C.CCC[C@H](O)CO[C@@H]1[C@@H](C)CC[C@H](C)C1(C)C. The van der Waals surface area contributed by atoms with E-state index < -0.39 is 0 Å². The first-order valence-corrected chi connectivity index (χ1v) is 14.4. The van der Waals surface area contributed by atoms with Gasteiger partial charge in [-0.25, -0.2) is 0 Å². The predicted molar refractivity (Wildman–Crippen MR) is 144 cm³/mol. The number of hydrogen-bond donors (Lipinski definition) is 2. The zero-order valence-electron chi connectivity index (χ0n) is 24.4. The van der Waals surface area contributed by atoms with Gasteiger partial charge in [-0.3, -0.25) is 0 Å². The molecule has 8 atom stereocenters. The molecule has 2 aliphatic rings. The van der Waals surface area contributed by atoms with E-state index in [2.05, 4.69) is 69.2 Å². The highest BCUT2D eigenvalue weighted by Gasteiger charge is 2.43. The summed E-state index contributed by atoms with van der Waals surface area (Å²) in [5.74, 6) is 2.61. The van der Waals surface area contributed by atoms with Gasteiger partial charge in [-0.05, 0) is 73.0 Å². The maximum absolute atomic E-state index is 9.78. The van der Waals surface area contributed by atoms with Crippen LogP contribution in [0.5, 0.6) is 0 Å². The molecule has 4 heteroatoms. The summed E-state index contributed by atoms with van der Waals surface area (Å²) in [6, 6.07) is 0. The van der Waals surface area contributed by atoms with Crippen LogP contribution in [0.15, 0.2) is 0 Å². The molecule has 2 rings (SSSR count). The molecule has 0 aromatic heterocycles. The molecule has 0 heterocycles. The lowest BCUT2D eigenvalue weighted by atomic mass is 9.64. The van der Waals surface area contributed by atoms with Crippen molar-refractivity contribution < 1.29 is 19.7 Å². The van der Waals surface area contributed by atoms with Crippen LogP contribution in [0.4, 0.5) is 0 Å². The van der Waals surface area contributed by atoms with Gasteiger partial charge in [-0.2, -0.15) is 0 Å². The molecule has 0 amide bonds. The van der Waals surface area contributed by atoms with Gasteiger partial charge in [0.25, 0.3) is 0 Å². The summed E-state index contributed by atoms with van der Waals surface area (Å²) in [6.45, 7) is 23.6. The fraction of sp³-hybridized carbons (Fsp3) is 1.00. The molecule has 4 nitrogen and oxygen atoms in total. The van der Waals surface area contributed by atoms with E-state index in [4.69, 9.17) is 9.47 Å². The molecule has 0 radical (unpaired) electrons. The lowest BCUT2D eigenvalue weighted by molar-refractivity contribution is -0.123. The zero-order valence-corrected chi connectivity index (χ0v) is 24.4. The normalized spacial score (nSPS) is 34.6. The van der Waals surface area contributed by atoms with E-state index in [0.717, 1.165) is 25.7 Å². The third kappa shape index (κ3) is 9.05. The van der Waals surface area contributed by atoms with Gasteiger partial charge in [-0.15, -0.1) is 0 Å². The molecule has 0 spiro atoms. The summed E-state index contributed by atoms with van der Waals surface area (Å²) in [5, 5.41) is 19.6. The number of ether oxygens (including phenoxy) is 2. The fourth-order valence-electron chi connectivity index (χ4n) is 6.12. The van der Waals surface area contributed by atoms with Crippen LogP contribution in [0.3, 0.4) is 0 Å². The van der Waals surface area contributed by atoms with E-state index in [1.54, 1.807) is 0 Å². The maximum Gasteiger partial charge on any atom is 0.0773 e. The highest BCUT2D eigenvalue weighted by atomic mass is 16.5. The van der Waals surface area contributed by atoms with Gasteiger partial charge in [-0.1, -0.05) is 82.1 Å². The minimum absolute atomic E-state index is 0.226. The van der Waals surface area contributed by atoms with Crippen molar-refractivity contribution in [3.63, 3.8) is 0 Å². The first kappa shape index (κ1) is 31.9. The molecule has 0 bridgehead atoms. The lowest BCUT2D eigenvalue weighted by Crippen LogP contribution is -2.46. The molecule has 2 fully saturated rings. The standard InChI is InChI=1S/2C15H30O2/c2*1-6-7-13(16)10-17-14-11(2)8-9-12(3)15(14,4)5/h2*11-14,16H,6-10H2,1-5H3/t11-,12-,13+,14+;11-,12-,13-,14+/m00/s1. The summed E-state index contributed by atoms with van der Waals surface area (Å²) >= 11 is 0. The molecule has 0 unspecified atom stereocenters. The third-order valence-electron chi connectivity index (χ3n) is 9.33. The van der Waals surface area contributed by atoms with Crippen LogP contribution < -0.4 is 0 Å². The van der Waals surface area contributed by atoms with Crippen LogP contribution >= 0.6 is 0 Å². The smallest absolute Gasteiger partial charge is 0.0773 e. The van der Waals surface area contributed by atoms with Gasteiger partial charge in [0.05, 0.1) is 37.6 Å². The van der Waals surface area contributed by atoms with Crippen molar-refractivity contribution >= 4 is 0 Å². The number of rotatable bonds is 10. The fourth-order valence-corrected chi connectivity index (χ4v) is 6.12. The average Bonchev–Trinajstić information content (AvgIpc) is 2.74. The Labute approximate surface area is 212 Å². The van der Waals surface area contributed by atoms with Crippen LogP contribution in [0.2, 0.25) is 0 Å². The van der Waals surface area contributed by atoms with E-state index >= 15 is 0 Å². The summed E-state index contributed by atoms with van der Waals surface area (Å²) in [6.07, 6.45) is 8.81. The van der Waals surface area contributed by atoms with Gasteiger partial charge in [0, 0.05) is 0 Å². The Kier molecular flexibility index (Phi) is 13.6. The molecular weight excluding hydrogens is 424 g/mol. The Bertz CT molecular complexity index is 498. The van der Waals surface area contributed by atoms with Crippen molar-refractivity contribution in [2.45, 2.75) is 145 Å². The molecule has 204 valence electrons.